The standard InChI is InChI=1S/C28H30FN5O7/c1-5-22(39-19-11-8-17(9-12-19)24-31-26(16(2)3)40-33-24)27-32-25(34-41-27)18-10-13-21(20(29)15-18)30-23(35)7-6-14-38-28(36)37-4/h8-13,15-16,22H,5-7,14H2,1-4H3,(H,30,35). The van der Waals surface area contributed by atoms with E-state index in [2.05, 4.69) is 30.3 Å². The summed E-state index contributed by atoms with van der Waals surface area (Å²) in [5.41, 5.74) is 1.15. The van der Waals surface area contributed by atoms with Gasteiger partial charge in [0.15, 0.2) is 6.10 Å². The molecule has 2 heterocycles. The van der Waals surface area contributed by atoms with Crippen molar-refractivity contribution in [2.45, 2.75) is 52.1 Å². The van der Waals surface area contributed by atoms with Crippen LogP contribution in [-0.2, 0) is 14.3 Å². The van der Waals surface area contributed by atoms with E-state index in [1.165, 1.54) is 19.2 Å². The summed E-state index contributed by atoms with van der Waals surface area (Å²) in [5.74, 6) is 1.09. The Balaban J connectivity index is 1.36. The molecule has 2 aromatic heterocycles. The van der Waals surface area contributed by atoms with Crippen molar-refractivity contribution in [2.24, 2.45) is 0 Å². The molecule has 13 heteroatoms. The van der Waals surface area contributed by atoms with Crippen molar-refractivity contribution in [3.05, 3.63) is 60.1 Å². The van der Waals surface area contributed by atoms with Crippen LogP contribution >= 0.6 is 0 Å². The minimum Gasteiger partial charge on any atom is -0.481 e. The van der Waals surface area contributed by atoms with E-state index in [9.17, 15) is 14.0 Å². The molecule has 0 bridgehead atoms. The third-order valence-electron chi connectivity index (χ3n) is 5.85. The Hall–Kier alpha value is -4.81. The van der Waals surface area contributed by atoms with Crippen molar-refractivity contribution in [1.82, 2.24) is 20.3 Å². The van der Waals surface area contributed by atoms with E-state index in [0.717, 1.165) is 5.56 Å². The summed E-state index contributed by atoms with van der Waals surface area (Å²) in [5, 5.41) is 10.5. The average Bonchev–Trinajstić information content (AvgIpc) is 3.66. The zero-order valence-electron chi connectivity index (χ0n) is 23.0. The first-order chi connectivity index (χ1) is 19.8. The highest BCUT2D eigenvalue weighted by Crippen LogP contribution is 2.29. The van der Waals surface area contributed by atoms with Crippen LogP contribution in [0.25, 0.3) is 22.8 Å². The van der Waals surface area contributed by atoms with Crippen molar-refractivity contribution >= 4 is 17.7 Å². The summed E-state index contributed by atoms with van der Waals surface area (Å²) in [6.45, 7) is 5.87. The van der Waals surface area contributed by atoms with E-state index in [1.54, 1.807) is 18.2 Å². The summed E-state index contributed by atoms with van der Waals surface area (Å²) in [4.78, 5) is 31.8. The fraction of sp³-hybridized carbons (Fsp3) is 0.357. The van der Waals surface area contributed by atoms with Gasteiger partial charge in [0.25, 0.3) is 5.89 Å². The molecule has 41 heavy (non-hydrogen) atoms. The molecule has 0 radical (unpaired) electrons. The molecule has 4 rings (SSSR count). The number of methoxy groups -OCH3 is 1. The fourth-order valence-electron chi connectivity index (χ4n) is 3.64. The van der Waals surface area contributed by atoms with Gasteiger partial charge in [0.2, 0.25) is 23.4 Å². The van der Waals surface area contributed by atoms with E-state index in [1.807, 2.05) is 32.9 Å². The Morgan fingerprint density at radius 2 is 1.63 bits per heavy atom. The van der Waals surface area contributed by atoms with E-state index in [4.69, 9.17) is 18.5 Å². The van der Waals surface area contributed by atoms with Gasteiger partial charge in [0.1, 0.15) is 11.6 Å². The topological polar surface area (TPSA) is 152 Å². The van der Waals surface area contributed by atoms with E-state index in [0.29, 0.717) is 29.4 Å². The van der Waals surface area contributed by atoms with Gasteiger partial charge in [0.05, 0.1) is 19.4 Å². The molecule has 0 aliphatic rings. The quantitative estimate of drug-likeness (QED) is 0.157. The highest BCUT2D eigenvalue weighted by molar-refractivity contribution is 5.91. The molecule has 0 saturated carbocycles. The number of amides is 1. The van der Waals surface area contributed by atoms with E-state index >= 15 is 0 Å². The van der Waals surface area contributed by atoms with E-state index < -0.39 is 24.0 Å². The van der Waals surface area contributed by atoms with Crippen LogP contribution < -0.4 is 10.1 Å². The minimum atomic E-state index is -0.829. The molecule has 0 aliphatic heterocycles. The molecule has 216 valence electrons. The lowest BCUT2D eigenvalue weighted by Gasteiger charge is -2.13. The number of halogens is 1. The lowest BCUT2D eigenvalue weighted by Crippen LogP contribution is -2.14. The fourth-order valence-corrected chi connectivity index (χ4v) is 3.64. The van der Waals surface area contributed by atoms with Gasteiger partial charge in [0, 0.05) is 23.5 Å². The number of rotatable bonds is 12. The second-order valence-corrected chi connectivity index (χ2v) is 9.26. The van der Waals surface area contributed by atoms with Gasteiger partial charge in [-0.05, 0) is 55.3 Å². The number of nitrogens with zero attached hydrogens (tertiary/aromatic N) is 4. The largest absolute Gasteiger partial charge is 0.507 e. The molecule has 0 saturated heterocycles. The minimum absolute atomic E-state index is 0.00387. The normalized spacial score (nSPS) is 11.8. The third-order valence-corrected chi connectivity index (χ3v) is 5.85. The molecular formula is C28H30FN5O7. The van der Waals surface area contributed by atoms with Crippen LogP contribution in [0, 0.1) is 5.82 Å². The average molecular weight is 568 g/mol. The van der Waals surface area contributed by atoms with Gasteiger partial charge < -0.3 is 28.6 Å². The SMILES string of the molecule is CCC(Oc1ccc(-c2noc(C(C)C)n2)cc1)c1nc(-c2ccc(NC(=O)CCCOC(=O)OC)c(F)c2)no1. The van der Waals surface area contributed by atoms with E-state index in [-0.39, 0.29) is 42.8 Å². The Labute approximate surface area is 235 Å². The Morgan fingerprint density at radius 3 is 2.27 bits per heavy atom. The predicted molar refractivity (Wildman–Crippen MR) is 143 cm³/mol. The molecule has 0 aliphatic carbocycles. The first-order valence-electron chi connectivity index (χ1n) is 13.0. The molecule has 1 N–H and O–H groups in total. The number of carbonyl (C=O) groups excluding carboxylic acids is 2. The number of aromatic nitrogens is 4. The second kappa shape index (κ2) is 13.5. The smallest absolute Gasteiger partial charge is 0.481 e. The predicted octanol–water partition coefficient (Wildman–Crippen LogP) is 6.08. The maximum atomic E-state index is 14.7. The number of hydrogen-bond donors (Lipinski definition) is 1. The van der Waals surface area contributed by atoms with Crippen LogP contribution in [0.1, 0.15) is 63.8 Å². The molecule has 1 amide bonds. The van der Waals surface area contributed by atoms with Gasteiger partial charge in [-0.1, -0.05) is 31.1 Å². The highest BCUT2D eigenvalue weighted by Gasteiger charge is 2.21. The number of carbonyl (C=O) groups is 2. The van der Waals surface area contributed by atoms with Gasteiger partial charge in [-0.3, -0.25) is 4.79 Å². The number of benzene rings is 2. The van der Waals surface area contributed by atoms with Crippen molar-refractivity contribution in [2.75, 3.05) is 19.0 Å². The maximum absolute atomic E-state index is 14.7. The monoisotopic (exact) mass is 567 g/mol. The van der Waals surface area contributed by atoms with Crippen LogP contribution in [0.5, 0.6) is 5.75 Å². The van der Waals surface area contributed by atoms with Gasteiger partial charge in [-0.2, -0.15) is 9.97 Å². The van der Waals surface area contributed by atoms with Crippen LogP contribution in [-0.4, -0.2) is 46.1 Å². The first-order valence-corrected chi connectivity index (χ1v) is 13.0. The maximum Gasteiger partial charge on any atom is 0.507 e. The summed E-state index contributed by atoms with van der Waals surface area (Å²) >= 11 is 0. The molecule has 1 unspecified atom stereocenters. The van der Waals surface area contributed by atoms with Crippen molar-refractivity contribution in [3.63, 3.8) is 0 Å². The first kappa shape index (κ1) is 29.2. The number of nitrogens with one attached hydrogen (secondary N) is 1. The van der Waals surface area contributed by atoms with Crippen LogP contribution in [0.4, 0.5) is 14.9 Å². The molecule has 12 nitrogen and oxygen atoms in total. The summed E-state index contributed by atoms with van der Waals surface area (Å²) in [6.07, 6.45) is -0.537. The number of hydrogen-bond acceptors (Lipinski definition) is 11. The van der Waals surface area contributed by atoms with Crippen molar-refractivity contribution in [3.8, 4) is 28.5 Å². The highest BCUT2D eigenvalue weighted by atomic mass is 19.1. The zero-order valence-corrected chi connectivity index (χ0v) is 23.0. The Kier molecular flexibility index (Phi) is 9.61. The molecule has 1 atom stereocenters. The molecule has 0 spiro atoms. The lowest BCUT2D eigenvalue weighted by atomic mass is 10.1. The van der Waals surface area contributed by atoms with Gasteiger partial charge >= 0.3 is 6.16 Å². The number of anilines is 1. The summed E-state index contributed by atoms with van der Waals surface area (Å²) < 4.78 is 40.5. The summed E-state index contributed by atoms with van der Waals surface area (Å²) in [6, 6.07) is 11.4. The molecule has 0 fully saturated rings. The van der Waals surface area contributed by atoms with Crippen LogP contribution in [0.15, 0.2) is 51.5 Å². The number of ether oxygens (including phenoxy) is 3. The van der Waals surface area contributed by atoms with Gasteiger partial charge in [-0.25, -0.2) is 9.18 Å². The second-order valence-electron chi connectivity index (χ2n) is 9.26. The Morgan fingerprint density at radius 1 is 0.976 bits per heavy atom. The zero-order chi connectivity index (χ0) is 29.4. The van der Waals surface area contributed by atoms with Crippen LogP contribution in [0.2, 0.25) is 0 Å². The molecular weight excluding hydrogens is 537 g/mol. The Bertz CT molecular complexity index is 1470. The van der Waals surface area contributed by atoms with Crippen LogP contribution in [0.3, 0.4) is 0 Å². The third kappa shape index (κ3) is 7.65. The summed E-state index contributed by atoms with van der Waals surface area (Å²) in [7, 11) is 1.19. The lowest BCUT2D eigenvalue weighted by molar-refractivity contribution is -0.116. The molecule has 2 aromatic carbocycles. The van der Waals surface area contributed by atoms with Gasteiger partial charge in [-0.15, -0.1) is 0 Å². The van der Waals surface area contributed by atoms with Crippen molar-refractivity contribution < 1.29 is 37.2 Å². The van der Waals surface area contributed by atoms with Crippen molar-refractivity contribution in [1.29, 1.82) is 0 Å². The molecule has 4 aromatic rings.